The zero-order valence-corrected chi connectivity index (χ0v) is 23.9. The quantitative estimate of drug-likeness (QED) is 0.0884. The normalized spacial score (nSPS) is 15.3. The Kier molecular flexibility index (Phi) is 19.7. The highest BCUT2D eigenvalue weighted by Gasteiger charge is 2.15. The van der Waals surface area contributed by atoms with Crippen molar-refractivity contribution < 1.29 is 9.59 Å². The van der Waals surface area contributed by atoms with Gasteiger partial charge in [-0.05, 0) is 25.7 Å². The molecule has 0 aromatic rings. The van der Waals surface area contributed by atoms with E-state index in [1.807, 2.05) is 0 Å². The fraction of sp³-hybridized carbons (Fsp3) is 0.846. The van der Waals surface area contributed by atoms with Crippen molar-refractivity contribution in [1.82, 2.24) is 31.1 Å². The van der Waals surface area contributed by atoms with E-state index < -0.39 is 0 Å². The monoisotopic (exact) mass is 538 g/mol. The first kappa shape index (κ1) is 33.4. The van der Waals surface area contributed by atoms with E-state index in [2.05, 4.69) is 54.9 Å². The molecular formula is C26H54N10O2. The van der Waals surface area contributed by atoms with E-state index in [1.165, 1.54) is 25.7 Å². The van der Waals surface area contributed by atoms with Gasteiger partial charge in [-0.3, -0.25) is 20.6 Å². The number of guanidine groups is 2. The number of rotatable bonds is 18. The van der Waals surface area contributed by atoms with Crippen molar-refractivity contribution >= 4 is 24.0 Å². The number of urea groups is 2. The second kappa shape index (κ2) is 22.4. The first-order chi connectivity index (χ1) is 18.4. The molecule has 12 nitrogen and oxygen atoms in total. The largest absolute Gasteiger partial charge is 0.370 e. The summed E-state index contributed by atoms with van der Waals surface area (Å²) in [6.07, 6.45) is 10.7. The summed E-state index contributed by atoms with van der Waals surface area (Å²) in [5.41, 5.74) is 11.6. The summed E-state index contributed by atoms with van der Waals surface area (Å²) >= 11 is 0. The molecule has 8 N–H and O–H groups in total. The molecule has 1 heterocycles. The molecule has 1 saturated heterocycles. The van der Waals surface area contributed by atoms with Crippen LogP contribution in [0.1, 0.15) is 78.1 Å². The number of piperazine rings is 1. The lowest BCUT2D eigenvalue weighted by molar-refractivity contribution is 0.131. The van der Waals surface area contributed by atoms with Crippen molar-refractivity contribution in [2.75, 3.05) is 65.4 Å². The number of nitrogens with two attached hydrogens (primary N) is 2. The zero-order chi connectivity index (χ0) is 27.8. The highest BCUT2D eigenvalue weighted by atomic mass is 16.2. The van der Waals surface area contributed by atoms with E-state index in [0.29, 0.717) is 26.2 Å². The smallest absolute Gasteiger partial charge is 0.321 e. The Morgan fingerprint density at radius 1 is 0.632 bits per heavy atom. The third-order valence-electron chi connectivity index (χ3n) is 6.41. The Balaban J connectivity index is 2.06. The zero-order valence-electron chi connectivity index (χ0n) is 23.9. The Hall–Kier alpha value is -2.60. The molecule has 0 atom stereocenters. The predicted molar refractivity (Wildman–Crippen MR) is 156 cm³/mol. The third-order valence-corrected chi connectivity index (χ3v) is 6.41. The topological polar surface area (TPSA) is 165 Å². The molecule has 0 aromatic heterocycles. The van der Waals surface area contributed by atoms with Crippen molar-refractivity contribution in [3.63, 3.8) is 0 Å². The molecule has 4 amide bonds. The SMILES string of the molecule is CCCCCCNC(=O)NC(N)=NCCCN1CCN(CCCN=C(N)NC(=O)NCCCCCC)CC1. The van der Waals surface area contributed by atoms with Gasteiger partial charge in [0, 0.05) is 65.4 Å². The maximum absolute atomic E-state index is 11.8. The van der Waals surface area contributed by atoms with Crippen LogP contribution in [0.2, 0.25) is 0 Å². The molecular weight excluding hydrogens is 484 g/mol. The molecule has 0 unspecified atom stereocenters. The number of nitrogens with zero attached hydrogens (tertiary/aromatic N) is 4. The minimum Gasteiger partial charge on any atom is -0.370 e. The van der Waals surface area contributed by atoms with Crippen molar-refractivity contribution in [2.45, 2.75) is 78.1 Å². The van der Waals surface area contributed by atoms with Gasteiger partial charge < -0.3 is 31.9 Å². The van der Waals surface area contributed by atoms with Crippen LogP contribution in [0.15, 0.2) is 9.98 Å². The summed E-state index contributed by atoms with van der Waals surface area (Å²) < 4.78 is 0. The van der Waals surface area contributed by atoms with Crippen molar-refractivity contribution in [2.24, 2.45) is 21.5 Å². The fourth-order valence-electron chi connectivity index (χ4n) is 4.13. The summed E-state index contributed by atoms with van der Waals surface area (Å²) in [7, 11) is 0. The number of aliphatic imine (C=N–C) groups is 2. The number of unbranched alkanes of at least 4 members (excludes halogenated alkanes) is 6. The molecule has 1 fully saturated rings. The first-order valence-electron chi connectivity index (χ1n) is 14.6. The Labute approximate surface area is 229 Å². The van der Waals surface area contributed by atoms with E-state index in [9.17, 15) is 9.59 Å². The van der Waals surface area contributed by atoms with Gasteiger partial charge in [-0.2, -0.15) is 0 Å². The van der Waals surface area contributed by atoms with Crippen LogP contribution in [-0.2, 0) is 0 Å². The summed E-state index contributed by atoms with van der Waals surface area (Å²) in [6.45, 7) is 12.8. The van der Waals surface area contributed by atoms with E-state index in [4.69, 9.17) is 11.5 Å². The molecule has 1 aliphatic heterocycles. The van der Waals surface area contributed by atoms with Gasteiger partial charge >= 0.3 is 12.1 Å². The average Bonchev–Trinajstić information content (AvgIpc) is 2.89. The molecule has 0 aromatic carbocycles. The minimum absolute atomic E-state index is 0.169. The number of hydrogen-bond acceptors (Lipinski definition) is 6. The van der Waals surface area contributed by atoms with Gasteiger partial charge in [0.15, 0.2) is 11.9 Å². The molecule has 0 bridgehead atoms. The van der Waals surface area contributed by atoms with E-state index >= 15 is 0 Å². The molecule has 0 radical (unpaired) electrons. The molecule has 1 aliphatic rings. The number of hydrogen-bond donors (Lipinski definition) is 6. The Bertz CT molecular complexity index is 636. The summed E-state index contributed by atoms with van der Waals surface area (Å²) in [5.74, 6) is 0.338. The van der Waals surface area contributed by atoms with Crippen LogP contribution >= 0.6 is 0 Å². The van der Waals surface area contributed by atoms with E-state index in [-0.39, 0.29) is 24.0 Å². The molecule has 220 valence electrons. The van der Waals surface area contributed by atoms with Crippen LogP contribution in [-0.4, -0.2) is 99.2 Å². The number of nitrogens with one attached hydrogen (secondary N) is 4. The first-order valence-corrected chi connectivity index (χ1v) is 14.6. The molecule has 0 aliphatic carbocycles. The van der Waals surface area contributed by atoms with Crippen molar-refractivity contribution in [1.29, 1.82) is 0 Å². The van der Waals surface area contributed by atoms with Crippen LogP contribution in [0.25, 0.3) is 0 Å². The number of carbonyl (C=O) groups excluding carboxylic acids is 2. The minimum atomic E-state index is -0.290. The number of amides is 4. The van der Waals surface area contributed by atoms with Crippen molar-refractivity contribution in [3.05, 3.63) is 0 Å². The predicted octanol–water partition coefficient (Wildman–Crippen LogP) is 1.77. The van der Waals surface area contributed by atoms with Gasteiger partial charge in [-0.25, -0.2) is 9.59 Å². The lowest BCUT2D eigenvalue weighted by Crippen LogP contribution is -2.47. The van der Waals surface area contributed by atoms with Gasteiger partial charge in [-0.1, -0.05) is 52.4 Å². The van der Waals surface area contributed by atoms with Crippen LogP contribution in [0, 0.1) is 0 Å². The standard InChI is InChI=1S/C26H54N10O2/c1-3-5-7-9-13-31-25(37)33-23(27)29-15-11-17-35-19-21-36(22-20-35)18-12-16-30-24(28)34-26(38)32-14-10-8-6-4-2/h3-22H2,1-2H3,(H4,27,29,31,33,37)(H4,28,30,32,34,38). The molecule has 1 rings (SSSR count). The van der Waals surface area contributed by atoms with Gasteiger partial charge in [0.05, 0.1) is 0 Å². The molecule has 38 heavy (non-hydrogen) atoms. The average molecular weight is 539 g/mol. The fourth-order valence-corrected chi connectivity index (χ4v) is 4.13. The Morgan fingerprint density at radius 2 is 1.03 bits per heavy atom. The highest BCUT2D eigenvalue weighted by Crippen LogP contribution is 2.04. The van der Waals surface area contributed by atoms with Gasteiger partial charge in [0.1, 0.15) is 0 Å². The summed E-state index contributed by atoms with van der Waals surface area (Å²) in [5, 5.41) is 10.8. The van der Waals surface area contributed by atoms with Gasteiger partial charge in [-0.15, -0.1) is 0 Å². The lowest BCUT2D eigenvalue weighted by atomic mass is 10.2. The van der Waals surface area contributed by atoms with Crippen molar-refractivity contribution in [3.8, 4) is 0 Å². The van der Waals surface area contributed by atoms with Crippen LogP contribution in [0.5, 0.6) is 0 Å². The molecule has 12 heteroatoms. The van der Waals surface area contributed by atoms with Gasteiger partial charge in [0.2, 0.25) is 0 Å². The number of carbonyl (C=O) groups is 2. The second-order valence-electron chi connectivity index (χ2n) is 9.81. The molecule has 0 spiro atoms. The summed E-state index contributed by atoms with van der Waals surface area (Å²) in [6, 6.07) is -0.579. The van der Waals surface area contributed by atoms with Crippen LogP contribution in [0.4, 0.5) is 9.59 Å². The summed E-state index contributed by atoms with van der Waals surface area (Å²) in [4.78, 5) is 37.0. The highest BCUT2D eigenvalue weighted by molar-refractivity contribution is 5.95. The maximum atomic E-state index is 11.8. The van der Waals surface area contributed by atoms with Crippen LogP contribution < -0.4 is 32.7 Å². The lowest BCUT2D eigenvalue weighted by Gasteiger charge is -2.34. The third kappa shape index (κ3) is 18.6. The Morgan fingerprint density at radius 3 is 1.39 bits per heavy atom. The van der Waals surface area contributed by atoms with Gasteiger partial charge in [0.25, 0.3) is 0 Å². The molecule has 0 saturated carbocycles. The van der Waals surface area contributed by atoms with Crippen LogP contribution in [0.3, 0.4) is 0 Å². The maximum Gasteiger partial charge on any atom is 0.321 e. The van der Waals surface area contributed by atoms with E-state index in [1.54, 1.807) is 0 Å². The van der Waals surface area contributed by atoms with E-state index in [0.717, 1.165) is 77.8 Å². The second-order valence-corrected chi connectivity index (χ2v) is 9.81.